The van der Waals surface area contributed by atoms with Gasteiger partial charge in [0, 0.05) is 11.1 Å². The van der Waals surface area contributed by atoms with Gasteiger partial charge in [-0.15, -0.1) is 0 Å². The Morgan fingerprint density at radius 3 is 2.28 bits per heavy atom. The number of nitrogens with zero attached hydrogens (tertiary/aromatic N) is 1. The largest absolute Gasteiger partial charge is 0.386 e. The second-order valence-corrected chi connectivity index (χ2v) is 5.66. The third-order valence-electron chi connectivity index (χ3n) is 3.52. The van der Waals surface area contributed by atoms with Crippen molar-refractivity contribution in [3.63, 3.8) is 0 Å². The number of hydrogen-bond acceptors (Lipinski definition) is 2. The van der Waals surface area contributed by atoms with Crippen LogP contribution in [0.4, 0.5) is 0 Å². The molecule has 1 aromatic rings. The highest BCUT2D eigenvalue weighted by atomic mass is 35.5. The Kier molecular flexibility index (Phi) is 5.47. The van der Waals surface area contributed by atoms with Crippen LogP contribution < -0.4 is 0 Å². The molecule has 0 amide bonds. The first-order chi connectivity index (χ1) is 8.36. The maximum absolute atomic E-state index is 10.6. The van der Waals surface area contributed by atoms with Crippen molar-refractivity contribution >= 4 is 23.2 Å². The van der Waals surface area contributed by atoms with Gasteiger partial charge in [-0.3, -0.25) is 4.90 Å². The number of rotatable bonds is 5. The van der Waals surface area contributed by atoms with Gasteiger partial charge in [0.15, 0.2) is 0 Å². The lowest BCUT2D eigenvalue weighted by Gasteiger charge is -2.41. The van der Waals surface area contributed by atoms with E-state index in [-0.39, 0.29) is 0 Å². The van der Waals surface area contributed by atoms with Gasteiger partial charge < -0.3 is 5.11 Å². The van der Waals surface area contributed by atoms with E-state index in [1.807, 2.05) is 26.0 Å². The molecule has 0 aliphatic rings. The van der Waals surface area contributed by atoms with E-state index in [2.05, 4.69) is 18.7 Å². The van der Waals surface area contributed by atoms with Crippen molar-refractivity contribution in [1.82, 2.24) is 4.90 Å². The Morgan fingerprint density at radius 1 is 1.22 bits per heavy atom. The first-order valence-electron chi connectivity index (χ1n) is 6.23. The average Bonchev–Trinajstić information content (AvgIpc) is 2.33. The van der Waals surface area contributed by atoms with Crippen LogP contribution >= 0.6 is 23.2 Å². The molecular formula is C14H21Cl2NO. The predicted octanol–water partition coefficient (Wildman–Crippen LogP) is 4.15. The van der Waals surface area contributed by atoms with Crippen LogP contribution in [0.3, 0.4) is 0 Å². The fourth-order valence-electron chi connectivity index (χ4n) is 2.32. The molecule has 1 rings (SSSR count). The molecule has 0 aliphatic carbocycles. The minimum absolute atomic E-state index is 0.391. The molecule has 0 saturated heterocycles. The molecule has 0 heterocycles. The fraction of sp³-hybridized carbons (Fsp3) is 0.571. The maximum Gasteiger partial charge on any atom is 0.0983 e. The highest BCUT2D eigenvalue weighted by molar-refractivity contribution is 6.42. The van der Waals surface area contributed by atoms with Gasteiger partial charge in [-0.25, -0.2) is 0 Å². The molecule has 1 unspecified atom stereocenters. The summed E-state index contributed by atoms with van der Waals surface area (Å²) in [6, 6.07) is 5.36. The van der Waals surface area contributed by atoms with Gasteiger partial charge in [0.2, 0.25) is 0 Å². The molecule has 0 fully saturated rings. The number of halogens is 2. The minimum atomic E-state index is -0.677. The number of aliphatic hydroxyl groups excluding tert-OH is 1. The van der Waals surface area contributed by atoms with E-state index in [4.69, 9.17) is 23.2 Å². The fourth-order valence-corrected chi connectivity index (χ4v) is 2.73. The van der Waals surface area contributed by atoms with E-state index in [0.29, 0.717) is 15.6 Å². The van der Waals surface area contributed by atoms with Crippen molar-refractivity contribution in [2.45, 2.75) is 39.3 Å². The summed E-state index contributed by atoms with van der Waals surface area (Å²) in [6.07, 6.45) is -0.677. The SMILES string of the molecule is CCN(CC)C(C)(C)C(O)c1cccc(Cl)c1Cl. The first kappa shape index (κ1) is 15.8. The van der Waals surface area contributed by atoms with Gasteiger partial charge in [-0.2, -0.15) is 0 Å². The number of benzene rings is 1. The van der Waals surface area contributed by atoms with Gasteiger partial charge in [0.25, 0.3) is 0 Å². The molecule has 0 saturated carbocycles. The van der Waals surface area contributed by atoms with Crippen molar-refractivity contribution in [1.29, 1.82) is 0 Å². The Morgan fingerprint density at radius 2 is 1.78 bits per heavy atom. The lowest BCUT2D eigenvalue weighted by Crippen LogP contribution is -2.48. The summed E-state index contributed by atoms with van der Waals surface area (Å²) in [4.78, 5) is 2.20. The van der Waals surface area contributed by atoms with Crippen LogP contribution in [-0.4, -0.2) is 28.6 Å². The number of likely N-dealkylation sites (N-methyl/N-ethyl adjacent to an activating group) is 1. The Balaban J connectivity index is 3.12. The summed E-state index contributed by atoms with van der Waals surface area (Å²) >= 11 is 12.2. The Hall–Kier alpha value is -0.280. The van der Waals surface area contributed by atoms with Crippen LogP contribution in [0.25, 0.3) is 0 Å². The monoisotopic (exact) mass is 289 g/mol. The molecule has 0 spiro atoms. The lowest BCUT2D eigenvalue weighted by atomic mass is 9.89. The van der Waals surface area contributed by atoms with E-state index in [0.717, 1.165) is 13.1 Å². The van der Waals surface area contributed by atoms with Crippen molar-refractivity contribution in [3.05, 3.63) is 33.8 Å². The smallest absolute Gasteiger partial charge is 0.0983 e. The molecular weight excluding hydrogens is 269 g/mol. The van der Waals surface area contributed by atoms with Crippen LogP contribution in [0.15, 0.2) is 18.2 Å². The highest BCUT2D eigenvalue weighted by Gasteiger charge is 2.35. The first-order valence-corrected chi connectivity index (χ1v) is 6.98. The molecule has 4 heteroatoms. The number of hydrogen-bond donors (Lipinski definition) is 1. The summed E-state index contributed by atoms with van der Waals surface area (Å²) < 4.78 is 0. The van der Waals surface area contributed by atoms with Crippen molar-refractivity contribution in [2.75, 3.05) is 13.1 Å². The predicted molar refractivity (Wildman–Crippen MR) is 78.4 cm³/mol. The van der Waals surface area contributed by atoms with E-state index < -0.39 is 11.6 Å². The zero-order valence-corrected chi connectivity index (χ0v) is 12.9. The lowest BCUT2D eigenvalue weighted by molar-refractivity contribution is -0.00620. The second kappa shape index (κ2) is 6.25. The van der Waals surface area contributed by atoms with Crippen molar-refractivity contribution < 1.29 is 5.11 Å². The second-order valence-electron chi connectivity index (χ2n) is 4.87. The molecule has 0 aliphatic heterocycles. The Bertz CT molecular complexity index is 403. The normalized spacial score (nSPS) is 14.0. The molecule has 0 radical (unpaired) electrons. The quantitative estimate of drug-likeness (QED) is 0.880. The Labute approximate surface area is 120 Å². The molecule has 1 atom stereocenters. The molecule has 18 heavy (non-hydrogen) atoms. The molecule has 0 bridgehead atoms. The third kappa shape index (κ3) is 3.00. The summed E-state index contributed by atoms with van der Waals surface area (Å²) in [6.45, 7) is 9.94. The van der Waals surface area contributed by atoms with E-state index in [1.54, 1.807) is 6.07 Å². The maximum atomic E-state index is 10.6. The van der Waals surface area contributed by atoms with Gasteiger partial charge in [0.05, 0.1) is 16.1 Å². The van der Waals surface area contributed by atoms with Crippen LogP contribution in [0.1, 0.15) is 39.4 Å². The van der Waals surface area contributed by atoms with E-state index >= 15 is 0 Å². The van der Waals surface area contributed by atoms with Crippen molar-refractivity contribution in [2.24, 2.45) is 0 Å². The van der Waals surface area contributed by atoms with E-state index in [9.17, 15) is 5.11 Å². The standard InChI is InChI=1S/C14H21Cl2NO/c1-5-17(6-2)14(3,4)13(18)10-8-7-9-11(15)12(10)16/h7-9,13,18H,5-6H2,1-4H3. The summed E-state index contributed by atoms with van der Waals surface area (Å²) in [5.41, 5.74) is 0.290. The summed E-state index contributed by atoms with van der Waals surface area (Å²) in [5.74, 6) is 0. The zero-order valence-electron chi connectivity index (χ0n) is 11.4. The molecule has 2 nitrogen and oxygen atoms in total. The molecule has 0 aromatic heterocycles. The van der Waals surface area contributed by atoms with Gasteiger partial charge in [-0.1, -0.05) is 49.2 Å². The van der Waals surface area contributed by atoms with Gasteiger partial charge in [-0.05, 0) is 33.0 Å². The topological polar surface area (TPSA) is 23.5 Å². The number of aliphatic hydroxyl groups is 1. The van der Waals surface area contributed by atoms with Crippen LogP contribution in [0.2, 0.25) is 10.0 Å². The highest BCUT2D eigenvalue weighted by Crippen LogP contribution is 2.37. The van der Waals surface area contributed by atoms with Gasteiger partial charge in [0.1, 0.15) is 0 Å². The minimum Gasteiger partial charge on any atom is -0.386 e. The van der Waals surface area contributed by atoms with E-state index in [1.165, 1.54) is 0 Å². The third-order valence-corrected chi connectivity index (χ3v) is 4.36. The molecule has 1 aromatic carbocycles. The van der Waals surface area contributed by atoms with Gasteiger partial charge >= 0.3 is 0 Å². The summed E-state index contributed by atoms with van der Waals surface area (Å²) in [5, 5.41) is 11.5. The summed E-state index contributed by atoms with van der Waals surface area (Å²) in [7, 11) is 0. The average molecular weight is 290 g/mol. The van der Waals surface area contributed by atoms with Crippen LogP contribution in [-0.2, 0) is 0 Å². The zero-order chi connectivity index (χ0) is 13.9. The van der Waals surface area contributed by atoms with Crippen LogP contribution in [0.5, 0.6) is 0 Å². The van der Waals surface area contributed by atoms with Crippen molar-refractivity contribution in [3.8, 4) is 0 Å². The molecule has 1 N–H and O–H groups in total. The van der Waals surface area contributed by atoms with Crippen LogP contribution in [0, 0.1) is 0 Å². The molecule has 102 valence electrons.